The average Bonchev–Trinajstić information content (AvgIpc) is 3.47. The molecule has 2 aliphatic heterocycles. The molecule has 0 radical (unpaired) electrons. The van der Waals surface area contributed by atoms with Crippen molar-refractivity contribution in [2.75, 3.05) is 13.1 Å². The smallest absolute Gasteiger partial charge is 0.339 e. The fourth-order valence-electron chi connectivity index (χ4n) is 5.16. The van der Waals surface area contributed by atoms with Crippen LogP contribution in [0.1, 0.15) is 53.0 Å². The van der Waals surface area contributed by atoms with Gasteiger partial charge in [-0.2, -0.15) is 13.7 Å². The minimum absolute atomic E-state index is 0.00252. The summed E-state index contributed by atoms with van der Waals surface area (Å²) in [6.45, 7) is 8.99. The lowest BCUT2D eigenvalue weighted by Gasteiger charge is -2.24. The largest absolute Gasteiger partial charge is 0.379 e. The lowest BCUT2D eigenvalue weighted by molar-refractivity contribution is -0.133. The van der Waals surface area contributed by atoms with Gasteiger partial charge in [0.1, 0.15) is 16.7 Å². The Balaban J connectivity index is 1.54. The SMILES string of the molecule is Cc1ccc(S(=O)(=O)Oc2cc(C)c([C@@H]3CN[C@H](C(=O)N4CCC[C@H]4C#N)C3)c(C)c2C)cc1. The highest BCUT2D eigenvalue weighted by Crippen LogP contribution is 2.37. The number of nitrogens with zero attached hydrogens (tertiary/aromatic N) is 2. The molecule has 0 spiro atoms. The molecule has 0 bridgehead atoms. The standard InChI is InChI=1S/C26H31N3O4S/c1-16-7-9-22(10-8-16)34(31,32)33-24-12-17(2)25(19(4)18(24)3)20-13-23(28-15-20)26(30)29-11-5-6-21(29)14-27/h7-10,12,20-21,23,28H,5-6,11,13,15H2,1-4H3/t20-,21-,23-/m0/s1. The van der Waals surface area contributed by atoms with E-state index in [4.69, 9.17) is 4.18 Å². The molecule has 2 aromatic carbocycles. The molecule has 2 saturated heterocycles. The van der Waals surface area contributed by atoms with Crippen LogP contribution in [0.3, 0.4) is 0 Å². The third-order valence-corrected chi connectivity index (χ3v) is 8.39. The maximum Gasteiger partial charge on any atom is 0.339 e. The van der Waals surface area contributed by atoms with Crippen molar-refractivity contribution in [3.05, 3.63) is 58.1 Å². The number of nitrogens with one attached hydrogen (secondary N) is 1. The molecule has 0 saturated carbocycles. The molecular weight excluding hydrogens is 450 g/mol. The summed E-state index contributed by atoms with van der Waals surface area (Å²) in [4.78, 5) is 14.9. The summed E-state index contributed by atoms with van der Waals surface area (Å²) in [5.74, 6) is 0.452. The van der Waals surface area contributed by atoms with Gasteiger partial charge in [0.05, 0.1) is 12.1 Å². The van der Waals surface area contributed by atoms with Crippen LogP contribution < -0.4 is 9.50 Å². The van der Waals surface area contributed by atoms with Crippen LogP contribution in [0.4, 0.5) is 0 Å². The molecule has 2 fully saturated rings. The number of aryl methyl sites for hydroxylation is 2. The highest BCUT2D eigenvalue weighted by atomic mass is 32.2. The first kappa shape index (κ1) is 24.2. The van der Waals surface area contributed by atoms with Crippen LogP contribution in [-0.2, 0) is 14.9 Å². The lowest BCUT2D eigenvalue weighted by Crippen LogP contribution is -2.45. The number of amides is 1. The molecule has 7 nitrogen and oxygen atoms in total. The molecule has 2 aliphatic rings. The van der Waals surface area contributed by atoms with Gasteiger partial charge in [-0.25, -0.2) is 0 Å². The van der Waals surface area contributed by atoms with Crippen LogP contribution >= 0.6 is 0 Å². The monoisotopic (exact) mass is 481 g/mol. The molecule has 0 aliphatic carbocycles. The number of rotatable bonds is 5. The summed E-state index contributed by atoms with van der Waals surface area (Å²) >= 11 is 0. The third kappa shape index (κ3) is 4.55. The van der Waals surface area contributed by atoms with Crippen LogP contribution in [0.2, 0.25) is 0 Å². The van der Waals surface area contributed by atoms with Crippen molar-refractivity contribution in [1.82, 2.24) is 10.2 Å². The molecule has 4 rings (SSSR count). The van der Waals surface area contributed by atoms with E-state index in [2.05, 4.69) is 11.4 Å². The Hall–Kier alpha value is -2.89. The molecule has 180 valence electrons. The van der Waals surface area contributed by atoms with E-state index in [0.717, 1.165) is 40.7 Å². The summed E-state index contributed by atoms with van der Waals surface area (Å²) < 4.78 is 31.2. The number of hydrogen-bond donors (Lipinski definition) is 1. The van der Waals surface area contributed by atoms with Gasteiger partial charge in [-0.15, -0.1) is 0 Å². The molecule has 0 aromatic heterocycles. The first-order valence-electron chi connectivity index (χ1n) is 11.7. The van der Waals surface area contributed by atoms with Crippen LogP contribution in [0.15, 0.2) is 35.2 Å². The molecule has 1 N–H and O–H groups in total. The number of carbonyl (C=O) groups is 1. The molecule has 1 amide bonds. The third-order valence-electron chi connectivity index (χ3n) is 7.14. The molecule has 34 heavy (non-hydrogen) atoms. The molecule has 8 heteroatoms. The van der Waals surface area contributed by atoms with E-state index < -0.39 is 10.1 Å². The highest BCUT2D eigenvalue weighted by Gasteiger charge is 2.38. The van der Waals surface area contributed by atoms with E-state index in [1.54, 1.807) is 35.2 Å². The Bertz CT molecular complexity index is 1250. The molecule has 2 aromatic rings. The van der Waals surface area contributed by atoms with Gasteiger partial charge in [0, 0.05) is 13.1 Å². The number of benzene rings is 2. The molecule has 0 unspecified atom stereocenters. The molecule has 3 atom stereocenters. The lowest BCUT2D eigenvalue weighted by atomic mass is 9.86. The van der Waals surface area contributed by atoms with Crippen LogP contribution in [0.25, 0.3) is 0 Å². The van der Waals surface area contributed by atoms with Gasteiger partial charge in [0.2, 0.25) is 5.91 Å². The Morgan fingerprint density at radius 3 is 2.53 bits per heavy atom. The Kier molecular flexibility index (Phi) is 6.70. The first-order valence-corrected chi connectivity index (χ1v) is 13.1. The summed E-state index contributed by atoms with van der Waals surface area (Å²) in [5.41, 5.74) is 4.79. The Morgan fingerprint density at radius 1 is 1.15 bits per heavy atom. The van der Waals surface area contributed by atoms with Crippen molar-refractivity contribution in [1.29, 1.82) is 5.26 Å². The molecular formula is C26H31N3O4S. The zero-order chi connectivity index (χ0) is 24.6. The van der Waals surface area contributed by atoms with Gasteiger partial charge in [-0.05, 0) is 93.3 Å². The quantitative estimate of drug-likeness (QED) is 0.655. The van der Waals surface area contributed by atoms with Crippen LogP contribution in [0, 0.1) is 39.0 Å². The summed E-state index contributed by atoms with van der Waals surface area (Å²) in [5, 5.41) is 12.7. The normalized spacial score (nSPS) is 22.6. The van der Waals surface area contributed by atoms with Crippen molar-refractivity contribution in [2.24, 2.45) is 0 Å². The summed E-state index contributed by atoms with van der Waals surface area (Å²) in [6, 6.07) is 9.97. The van der Waals surface area contributed by atoms with Crippen LogP contribution in [-0.4, -0.2) is 44.4 Å². The van der Waals surface area contributed by atoms with Gasteiger partial charge in [-0.1, -0.05) is 17.7 Å². The van der Waals surface area contributed by atoms with E-state index in [0.29, 0.717) is 25.3 Å². The van der Waals surface area contributed by atoms with E-state index in [9.17, 15) is 18.5 Å². The predicted octanol–water partition coefficient (Wildman–Crippen LogP) is 3.65. The second-order valence-electron chi connectivity index (χ2n) is 9.42. The fraction of sp³-hybridized carbons (Fsp3) is 0.462. The zero-order valence-corrected chi connectivity index (χ0v) is 20.9. The topological polar surface area (TPSA) is 99.5 Å². The Morgan fingerprint density at radius 2 is 1.85 bits per heavy atom. The average molecular weight is 482 g/mol. The minimum atomic E-state index is -3.94. The van der Waals surface area contributed by atoms with Gasteiger partial charge in [0.15, 0.2) is 0 Å². The van der Waals surface area contributed by atoms with Gasteiger partial charge < -0.3 is 14.4 Å². The maximum atomic E-state index is 13.0. The van der Waals surface area contributed by atoms with Crippen molar-refractivity contribution < 1.29 is 17.4 Å². The second kappa shape index (κ2) is 9.40. The van der Waals surface area contributed by atoms with E-state index in [1.165, 1.54) is 0 Å². The highest BCUT2D eigenvalue weighted by molar-refractivity contribution is 7.87. The van der Waals surface area contributed by atoms with Crippen molar-refractivity contribution >= 4 is 16.0 Å². The fourth-order valence-corrected chi connectivity index (χ4v) is 6.13. The van der Waals surface area contributed by atoms with Crippen LogP contribution in [0.5, 0.6) is 5.75 Å². The predicted molar refractivity (Wildman–Crippen MR) is 129 cm³/mol. The van der Waals surface area contributed by atoms with E-state index >= 15 is 0 Å². The van der Waals surface area contributed by atoms with Gasteiger partial charge in [-0.3, -0.25) is 4.79 Å². The van der Waals surface area contributed by atoms with Crippen molar-refractivity contribution in [2.45, 2.75) is 69.9 Å². The maximum absolute atomic E-state index is 13.0. The van der Waals surface area contributed by atoms with Crippen molar-refractivity contribution in [3.8, 4) is 11.8 Å². The number of likely N-dealkylation sites (tertiary alicyclic amines) is 1. The number of carbonyl (C=O) groups excluding carboxylic acids is 1. The number of hydrogen-bond acceptors (Lipinski definition) is 6. The number of nitriles is 1. The summed E-state index contributed by atoms with van der Waals surface area (Å²) in [6.07, 6.45) is 2.25. The zero-order valence-electron chi connectivity index (χ0n) is 20.1. The Labute approximate surface area is 201 Å². The van der Waals surface area contributed by atoms with Gasteiger partial charge >= 0.3 is 10.1 Å². The summed E-state index contributed by atoms with van der Waals surface area (Å²) in [7, 11) is -3.94. The second-order valence-corrected chi connectivity index (χ2v) is 11.0. The minimum Gasteiger partial charge on any atom is -0.379 e. The molecule has 2 heterocycles. The van der Waals surface area contributed by atoms with E-state index in [-0.39, 0.29) is 28.8 Å². The first-order chi connectivity index (χ1) is 16.1. The van der Waals surface area contributed by atoms with E-state index in [1.807, 2.05) is 27.7 Å². The van der Waals surface area contributed by atoms with Gasteiger partial charge in [0.25, 0.3) is 0 Å². The van der Waals surface area contributed by atoms with Crippen molar-refractivity contribution in [3.63, 3.8) is 0 Å².